The van der Waals surface area contributed by atoms with Gasteiger partial charge in [0.15, 0.2) is 0 Å². The Morgan fingerprint density at radius 2 is 2.11 bits per heavy atom. The quantitative estimate of drug-likeness (QED) is 0.832. The molecule has 19 heavy (non-hydrogen) atoms. The van der Waals surface area contributed by atoms with E-state index < -0.39 is 15.3 Å². The van der Waals surface area contributed by atoms with Crippen molar-refractivity contribution < 1.29 is 8.42 Å². The summed E-state index contributed by atoms with van der Waals surface area (Å²) in [4.78, 5) is 0. The summed E-state index contributed by atoms with van der Waals surface area (Å²) in [5, 5.41) is 2.78. The van der Waals surface area contributed by atoms with Crippen molar-refractivity contribution in [1.82, 2.24) is 5.32 Å². The van der Waals surface area contributed by atoms with Crippen molar-refractivity contribution in [3.05, 3.63) is 28.2 Å². The molecular weight excluding hydrogens is 328 g/mol. The summed E-state index contributed by atoms with van der Waals surface area (Å²) in [7, 11) is -3.36. The summed E-state index contributed by atoms with van der Waals surface area (Å²) in [6.07, 6.45) is 2.31. The van der Waals surface area contributed by atoms with Gasteiger partial charge >= 0.3 is 0 Å². The molecule has 1 aliphatic carbocycles. The zero-order valence-corrected chi connectivity index (χ0v) is 13.5. The maximum absolute atomic E-state index is 12.2. The standard InChI is InChI=1S/C13H19BrN2O2S/c1-9-3-6-13(12(14)7-9)16-19(17,18)10(2)8-15-11-4-5-11/h3,6-7,10-11,15-16H,4-5,8H2,1-2H3. The number of nitrogens with one attached hydrogen (secondary N) is 2. The average Bonchev–Trinajstić information content (AvgIpc) is 3.13. The minimum Gasteiger partial charge on any atom is -0.313 e. The van der Waals surface area contributed by atoms with Crippen molar-refractivity contribution in [2.24, 2.45) is 0 Å². The van der Waals surface area contributed by atoms with Gasteiger partial charge in [-0.3, -0.25) is 4.72 Å². The molecule has 0 heterocycles. The van der Waals surface area contributed by atoms with Crippen LogP contribution in [0.4, 0.5) is 5.69 Å². The molecular formula is C13H19BrN2O2S. The van der Waals surface area contributed by atoms with Gasteiger partial charge in [-0.1, -0.05) is 6.07 Å². The van der Waals surface area contributed by atoms with Gasteiger partial charge in [-0.15, -0.1) is 0 Å². The van der Waals surface area contributed by atoms with Crippen molar-refractivity contribution in [2.45, 2.75) is 38.0 Å². The highest BCUT2D eigenvalue weighted by Crippen LogP contribution is 2.25. The Kier molecular flexibility index (Phi) is 4.53. The minimum atomic E-state index is -3.36. The van der Waals surface area contributed by atoms with Crippen molar-refractivity contribution in [1.29, 1.82) is 0 Å². The molecule has 1 saturated carbocycles. The van der Waals surface area contributed by atoms with Crippen molar-refractivity contribution >= 4 is 31.6 Å². The molecule has 1 atom stereocenters. The molecule has 0 saturated heterocycles. The molecule has 0 spiro atoms. The van der Waals surface area contributed by atoms with Gasteiger partial charge in [0.25, 0.3) is 0 Å². The number of halogens is 1. The second kappa shape index (κ2) is 5.81. The number of benzene rings is 1. The Balaban J connectivity index is 2.02. The van der Waals surface area contributed by atoms with Gasteiger partial charge in [-0.25, -0.2) is 8.42 Å². The highest BCUT2D eigenvalue weighted by molar-refractivity contribution is 9.10. The van der Waals surface area contributed by atoms with Gasteiger partial charge in [0.1, 0.15) is 0 Å². The van der Waals surface area contributed by atoms with Crippen molar-refractivity contribution in [3.63, 3.8) is 0 Å². The van der Waals surface area contributed by atoms with Crippen molar-refractivity contribution in [3.8, 4) is 0 Å². The fourth-order valence-corrected chi connectivity index (χ4v) is 3.41. The van der Waals surface area contributed by atoms with Gasteiger partial charge in [-0.05, 0) is 60.3 Å². The van der Waals surface area contributed by atoms with Crippen LogP contribution in [0.15, 0.2) is 22.7 Å². The molecule has 4 nitrogen and oxygen atoms in total. The largest absolute Gasteiger partial charge is 0.313 e. The topological polar surface area (TPSA) is 58.2 Å². The maximum atomic E-state index is 12.2. The number of hydrogen-bond acceptors (Lipinski definition) is 3. The Hall–Kier alpha value is -0.590. The summed E-state index contributed by atoms with van der Waals surface area (Å²) >= 11 is 3.38. The van der Waals surface area contributed by atoms with Crippen LogP contribution >= 0.6 is 15.9 Å². The summed E-state index contributed by atoms with van der Waals surface area (Å²) in [5.74, 6) is 0. The zero-order valence-electron chi connectivity index (χ0n) is 11.1. The van der Waals surface area contributed by atoms with Crippen LogP contribution in [0, 0.1) is 6.92 Å². The minimum absolute atomic E-state index is 0.457. The first-order valence-electron chi connectivity index (χ1n) is 6.39. The maximum Gasteiger partial charge on any atom is 0.236 e. The predicted octanol–water partition coefficient (Wildman–Crippen LogP) is 2.64. The molecule has 0 aliphatic heterocycles. The van der Waals surface area contributed by atoms with Gasteiger partial charge < -0.3 is 5.32 Å². The monoisotopic (exact) mass is 346 g/mol. The normalized spacial score (nSPS) is 17.2. The Morgan fingerprint density at radius 1 is 1.42 bits per heavy atom. The first-order chi connectivity index (χ1) is 8.88. The van der Waals surface area contributed by atoms with E-state index in [9.17, 15) is 8.42 Å². The molecule has 106 valence electrons. The van der Waals surface area contributed by atoms with Crippen LogP contribution in [0.1, 0.15) is 25.3 Å². The first kappa shape index (κ1) is 14.8. The van der Waals surface area contributed by atoms with Crippen LogP contribution in [0.2, 0.25) is 0 Å². The molecule has 1 fully saturated rings. The van der Waals surface area contributed by atoms with E-state index in [1.165, 1.54) is 0 Å². The molecule has 1 aromatic carbocycles. The Morgan fingerprint density at radius 3 is 2.68 bits per heavy atom. The molecule has 0 aromatic heterocycles. The Bertz CT molecular complexity index is 556. The highest BCUT2D eigenvalue weighted by Gasteiger charge is 2.26. The fourth-order valence-electron chi connectivity index (χ4n) is 1.69. The van der Waals surface area contributed by atoms with Crippen LogP contribution in [0.5, 0.6) is 0 Å². The fraction of sp³-hybridized carbons (Fsp3) is 0.538. The molecule has 0 amide bonds. The van der Waals surface area contributed by atoms with Crippen LogP contribution in [-0.4, -0.2) is 26.3 Å². The third-order valence-corrected chi connectivity index (χ3v) is 5.56. The lowest BCUT2D eigenvalue weighted by Crippen LogP contribution is -2.35. The van der Waals surface area contributed by atoms with Crippen LogP contribution in [0.3, 0.4) is 0 Å². The summed E-state index contributed by atoms with van der Waals surface area (Å²) in [6.45, 7) is 4.18. The van der Waals surface area contributed by atoms with E-state index in [0.29, 0.717) is 18.3 Å². The Labute approximate surface area is 123 Å². The lowest BCUT2D eigenvalue weighted by molar-refractivity contribution is 0.576. The number of hydrogen-bond donors (Lipinski definition) is 2. The molecule has 2 rings (SSSR count). The van der Waals surface area contributed by atoms with Gasteiger partial charge in [0.05, 0.1) is 10.9 Å². The third kappa shape index (κ3) is 4.19. The van der Waals surface area contributed by atoms with Gasteiger partial charge in [-0.2, -0.15) is 0 Å². The number of rotatable bonds is 6. The van der Waals surface area contributed by atoms with Gasteiger partial charge in [0.2, 0.25) is 10.0 Å². The molecule has 6 heteroatoms. The van der Waals surface area contributed by atoms with Crippen LogP contribution < -0.4 is 10.0 Å². The number of anilines is 1. The summed E-state index contributed by atoms with van der Waals surface area (Å²) < 4.78 is 27.8. The van der Waals surface area contributed by atoms with E-state index in [4.69, 9.17) is 0 Å². The molecule has 1 unspecified atom stereocenters. The molecule has 2 N–H and O–H groups in total. The summed E-state index contributed by atoms with van der Waals surface area (Å²) in [6, 6.07) is 6.07. The molecule has 0 bridgehead atoms. The predicted molar refractivity (Wildman–Crippen MR) is 81.9 cm³/mol. The van der Waals surface area contributed by atoms with E-state index in [2.05, 4.69) is 26.0 Å². The van der Waals surface area contributed by atoms with E-state index in [0.717, 1.165) is 22.9 Å². The van der Waals surface area contributed by atoms with Crippen LogP contribution in [-0.2, 0) is 10.0 Å². The zero-order chi connectivity index (χ0) is 14.0. The number of sulfonamides is 1. The van der Waals surface area contributed by atoms with E-state index in [-0.39, 0.29) is 0 Å². The lowest BCUT2D eigenvalue weighted by atomic mass is 10.2. The smallest absolute Gasteiger partial charge is 0.236 e. The van der Waals surface area contributed by atoms with E-state index >= 15 is 0 Å². The average molecular weight is 347 g/mol. The second-order valence-electron chi connectivity index (χ2n) is 5.12. The third-order valence-electron chi connectivity index (χ3n) is 3.18. The lowest BCUT2D eigenvalue weighted by Gasteiger charge is -2.16. The highest BCUT2D eigenvalue weighted by atomic mass is 79.9. The summed E-state index contributed by atoms with van der Waals surface area (Å²) in [5.41, 5.74) is 1.67. The molecule has 1 aliphatic rings. The van der Waals surface area contributed by atoms with E-state index in [1.54, 1.807) is 13.0 Å². The first-order valence-corrected chi connectivity index (χ1v) is 8.73. The SMILES string of the molecule is Cc1ccc(NS(=O)(=O)C(C)CNC2CC2)c(Br)c1. The number of aryl methyl sites for hydroxylation is 1. The van der Waals surface area contributed by atoms with Crippen molar-refractivity contribution in [2.75, 3.05) is 11.3 Å². The molecule has 1 aromatic rings. The van der Waals surface area contributed by atoms with E-state index in [1.807, 2.05) is 19.1 Å². The second-order valence-corrected chi connectivity index (χ2v) is 8.08. The van der Waals surface area contributed by atoms with Crippen LogP contribution in [0.25, 0.3) is 0 Å². The molecule has 0 radical (unpaired) electrons. The van der Waals surface area contributed by atoms with Gasteiger partial charge in [0, 0.05) is 17.1 Å².